The number of benzene rings is 1. The number of amides is 1. The molecule has 2 rings (SSSR count). The second-order valence-corrected chi connectivity index (χ2v) is 5.75. The molecule has 0 unspecified atom stereocenters. The Morgan fingerprint density at radius 3 is 2.54 bits per heavy atom. The molecular formula is C19H25N3O2. The summed E-state index contributed by atoms with van der Waals surface area (Å²) in [6.45, 7) is 5.81. The zero-order chi connectivity index (χ0) is 17.4. The standard InChI is InChI=1S/C19H25N3O2/c1-3-5-14-22-18(23)12-11-17(20-22)19(24)21(4-2)15-13-16-9-7-6-8-10-16/h6-12H,3-5,13-15H2,1-2H3. The van der Waals surface area contributed by atoms with Crippen molar-refractivity contribution in [3.8, 4) is 0 Å². The fraction of sp³-hybridized carbons (Fsp3) is 0.421. The van der Waals surface area contributed by atoms with Crippen molar-refractivity contribution in [1.82, 2.24) is 14.7 Å². The molecule has 5 heteroatoms. The fourth-order valence-electron chi connectivity index (χ4n) is 2.51. The van der Waals surface area contributed by atoms with E-state index in [9.17, 15) is 9.59 Å². The first-order chi connectivity index (χ1) is 11.7. The van der Waals surface area contributed by atoms with Gasteiger partial charge in [0.1, 0.15) is 5.69 Å². The Balaban J connectivity index is 2.08. The number of hydrogen-bond acceptors (Lipinski definition) is 3. The van der Waals surface area contributed by atoms with Crippen molar-refractivity contribution in [1.29, 1.82) is 0 Å². The van der Waals surface area contributed by atoms with Crippen LogP contribution in [0, 0.1) is 0 Å². The second kappa shape index (κ2) is 9.01. The summed E-state index contributed by atoms with van der Waals surface area (Å²) in [6.07, 6.45) is 2.65. The lowest BCUT2D eigenvalue weighted by atomic mass is 10.1. The number of carbonyl (C=O) groups excluding carboxylic acids is 1. The third-order valence-corrected chi connectivity index (χ3v) is 3.99. The van der Waals surface area contributed by atoms with Crippen LogP contribution in [0.15, 0.2) is 47.3 Å². The Bertz CT molecular complexity index is 710. The number of rotatable bonds is 8. The SMILES string of the molecule is CCCCn1nc(C(=O)N(CC)CCc2ccccc2)ccc1=O. The van der Waals surface area contributed by atoms with Gasteiger partial charge >= 0.3 is 0 Å². The molecular weight excluding hydrogens is 302 g/mol. The van der Waals surface area contributed by atoms with Crippen molar-refractivity contribution < 1.29 is 4.79 Å². The number of nitrogens with zero attached hydrogens (tertiary/aromatic N) is 3. The van der Waals surface area contributed by atoms with E-state index in [0.717, 1.165) is 19.3 Å². The average molecular weight is 327 g/mol. The normalized spacial score (nSPS) is 10.6. The lowest BCUT2D eigenvalue weighted by molar-refractivity contribution is 0.0757. The third kappa shape index (κ3) is 4.78. The maximum absolute atomic E-state index is 12.7. The van der Waals surface area contributed by atoms with E-state index in [1.807, 2.05) is 25.1 Å². The molecule has 1 aromatic heterocycles. The van der Waals surface area contributed by atoms with Crippen LogP contribution in [0.25, 0.3) is 0 Å². The van der Waals surface area contributed by atoms with E-state index >= 15 is 0 Å². The van der Waals surface area contributed by atoms with Crippen LogP contribution in [0.2, 0.25) is 0 Å². The first-order valence-corrected chi connectivity index (χ1v) is 8.57. The molecule has 0 saturated heterocycles. The van der Waals surface area contributed by atoms with Gasteiger partial charge in [-0.15, -0.1) is 0 Å². The molecule has 0 radical (unpaired) electrons. The summed E-state index contributed by atoms with van der Waals surface area (Å²) in [5.41, 5.74) is 1.37. The molecule has 2 aromatic rings. The highest BCUT2D eigenvalue weighted by Gasteiger charge is 2.16. The lowest BCUT2D eigenvalue weighted by Gasteiger charge is -2.20. The van der Waals surface area contributed by atoms with Gasteiger partial charge in [0, 0.05) is 25.7 Å². The third-order valence-electron chi connectivity index (χ3n) is 3.99. The zero-order valence-electron chi connectivity index (χ0n) is 14.4. The molecule has 0 aliphatic rings. The smallest absolute Gasteiger partial charge is 0.274 e. The molecule has 5 nitrogen and oxygen atoms in total. The monoisotopic (exact) mass is 327 g/mol. The van der Waals surface area contributed by atoms with Crippen LogP contribution in [0.5, 0.6) is 0 Å². The highest BCUT2D eigenvalue weighted by Crippen LogP contribution is 2.05. The second-order valence-electron chi connectivity index (χ2n) is 5.75. The van der Waals surface area contributed by atoms with Crippen molar-refractivity contribution in [2.45, 2.75) is 39.7 Å². The number of aryl methyl sites for hydroxylation is 1. The molecule has 0 saturated carbocycles. The van der Waals surface area contributed by atoms with Crippen molar-refractivity contribution >= 4 is 5.91 Å². The van der Waals surface area contributed by atoms with Crippen LogP contribution in [-0.4, -0.2) is 33.7 Å². The summed E-state index contributed by atoms with van der Waals surface area (Å²) in [5, 5.41) is 4.25. The molecule has 0 aliphatic heterocycles. The molecule has 0 fully saturated rings. The summed E-state index contributed by atoms with van der Waals surface area (Å²) in [5.74, 6) is -0.126. The molecule has 0 N–H and O–H groups in total. The van der Waals surface area contributed by atoms with Gasteiger partial charge in [0.05, 0.1) is 0 Å². The van der Waals surface area contributed by atoms with Gasteiger partial charge in [0.2, 0.25) is 0 Å². The minimum atomic E-state index is -0.160. The van der Waals surface area contributed by atoms with Gasteiger partial charge in [-0.1, -0.05) is 43.7 Å². The van der Waals surface area contributed by atoms with E-state index < -0.39 is 0 Å². The van der Waals surface area contributed by atoms with Crippen LogP contribution in [-0.2, 0) is 13.0 Å². The molecule has 1 aromatic carbocycles. The van der Waals surface area contributed by atoms with Gasteiger partial charge in [-0.05, 0) is 31.4 Å². The Morgan fingerprint density at radius 1 is 1.12 bits per heavy atom. The molecule has 0 spiro atoms. The Labute approximate surface area is 142 Å². The molecule has 0 atom stereocenters. The number of likely N-dealkylation sites (N-methyl/N-ethyl adjacent to an activating group) is 1. The summed E-state index contributed by atoms with van der Waals surface area (Å²) in [7, 11) is 0. The molecule has 0 bridgehead atoms. The van der Waals surface area contributed by atoms with Gasteiger partial charge in [-0.3, -0.25) is 9.59 Å². The maximum atomic E-state index is 12.7. The first-order valence-electron chi connectivity index (χ1n) is 8.57. The van der Waals surface area contributed by atoms with Crippen LogP contribution >= 0.6 is 0 Å². The molecule has 0 aliphatic carbocycles. The van der Waals surface area contributed by atoms with Crippen molar-refractivity contribution in [3.05, 3.63) is 64.1 Å². The molecule has 128 valence electrons. The van der Waals surface area contributed by atoms with Gasteiger partial charge in [0.15, 0.2) is 0 Å². The minimum Gasteiger partial charge on any atom is -0.337 e. The number of carbonyl (C=O) groups is 1. The predicted octanol–water partition coefficient (Wildman–Crippen LogP) is 2.75. The van der Waals surface area contributed by atoms with Gasteiger partial charge in [-0.25, -0.2) is 4.68 Å². The van der Waals surface area contributed by atoms with E-state index in [1.54, 1.807) is 4.90 Å². The van der Waals surface area contributed by atoms with Crippen LogP contribution in [0.3, 0.4) is 0 Å². The molecule has 24 heavy (non-hydrogen) atoms. The molecule has 1 heterocycles. The average Bonchev–Trinajstić information content (AvgIpc) is 2.62. The summed E-state index contributed by atoms with van der Waals surface area (Å²) >= 11 is 0. The number of aromatic nitrogens is 2. The minimum absolute atomic E-state index is 0.126. The van der Waals surface area contributed by atoms with Crippen molar-refractivity contribution in [3.63, 3.8) is 0 Å². The van der Waals surface area contributed by atoms with Crippen molar-refractivity contribution in [2.75, 3.05) is 13.1 Å². The summed E-state index contributed by atoms with van der Waals surface area (Å²) in [4.78, 5) is 26.3. The highest BCUT2D eigenvalue weighted by molar-refractivity contribution is 5.92. The van der Waals surface area contributed by atoms with Crippen LogP contribution < -0.4 is 5.56 Å². The topological polar surface area (TPSA) is 55.2 Å². The Morgan fingerprint density at radius 2 is 1.88 bits per heavy atom. The highest BCUT2D eigenvalue weighted by atomic mass is 16.2. The van der Waals surface area contributed by atoms with E-state index in [4.69, 9.17) is 0 Å². The van der Waals surface area contributed by atoms with E-state index in [-0.39, 0.29) is 11.5 Å². The van der Waals surface area contributed by atoms with Crippen LogP contribution in [0.1, 0.15) is 42.7 Å². The number of hydrogen-bond donors (Lipinski definition) is 0. The van der Waals surface area contributed by atoms with Gasteiger partial charge < -0.3 is 4.90 Å². The van der Waals surface area contributed by atoms with Crippen LogP contribution in [0.4, 0.5) is 0 Å². The Kier molecular flexibility index (Phi) is 6.73. The summed E-state index contributed by atoms with van der Waals surface area (Å²) < 4.78 is 1.39. The van der Waals surface area contributed by atoms with E-state index in [0.29, 0.717) is 25.3 Å². The fourth-order valence-corrected chi connectivity index (χ4v) is 2.51. The first kappa shape index (κ1) is 17.9. The maximum Gasteiger partial charge on any atom is 0.274 e. The number of unbranched alkanes of at least 4 members (excludes halogenated alkanes) is 1. The molecule has 1 amide bonds. The van der Waals surface area contributed by atoms with E-state index in [2.05, 4.69) is 24.2 Å². The van der Waals surface area contributed by atoms with Gasteiger partial charge in [0.25, 0.3) is 11.5 Å². The van der Waals surface area contributed by atoms with Gasteiger partial charge in [-0.2, -0.15) is 5.10 Å². The zero-order valence-corrected chi connectivity index (χ0v) is 14.4. The van der Waals surface area contributed by atoms with E-state index in [1.165, 1.54) is 22.4 Å². The largest absolute Gasteiger partial charge is 0.337 e. The lowest BCUT2D eigenvalue weighted by Crippen LogP contribution is -2.35. The Hall–Kier alpha value is -2.43. The predicted molar refractivity (Wildman–Crippen MR) is 95.1 cm³/mol. The van der Waals surface area contributed by atoms with Crippen molar-refractivity contribution in [2.24, 2.45) is 0 Å². The summed E-state index contributed by atoms with van der Waals surface area (Å²) in [6, 6.07) is 13.1. The quantitative estimate of drug-likeness (QED) is 0.749.